The quantitative estimate of drug-likeness (QED) is 0.407. The lowest BCUT2D eigenvalue weighted by Crippen LogP contribution is -2.36. The van der Waals surface area contributed by atoms with E-state index < -0.39 is 0 Å². The van der Waals surface area contributed by atoms with E-state index in [2.05, 4.69) is 22.4 Å². The van der Waals surface area contributed by atoms with Crippen molar-refractivity contribution in [1.82, 2.24) is 29.1 Å². The van der Waals surface area contributed by atoms with Crippen LogP contribution >= 0.6 is 0 Å². The maximum atomic E-state index is 12.1. The molecule has 10 heteroatoms. The normalized spacial score (nSPS) is 15.3. The smallest absolute Gasteiger partial charge is 0.253 e. The van der Waals surface area contributed by atoms with Crippen LogP contribution in [-0.4, -0.2) is 82.2 Å². The molecule has 0 spiro atoms. The van der Waals surface area contributed by atoms with Gasteiger partial charge in [0.1, 0.15) is 11.3 Å². The molecule has 0 aliphatic carbocycles. The van der Waals surface area contributed by atoms with Gasteiger partial charge in [0.15, 0.2) is 12.0 Å². The SMILES string of the molecule is CC(=O)N(C)C1CCN(C)C1.CNC(=O)c1c(C)cn2cc(Oc3ccnn4cc(C=O)c(C)c34)ccc12. The number of amides is 2. The number of aromatic nitrogens is 3. The molecule has 1 fully saturated rings. The van der Waals surface area contributed by atoms with Crippen molar-refractivity contribution in [3.8, 4) is 11.5 Å². The third kappa shape index (κ3) is 5.26. The summed E-state index contributed by atoms with van der Waals surface area (Å²) in [7, 11) is 5.59. The Labute approximate surface area is 221 Å². The minimum atomic E-state index is -0.121. The number of hydrogen-bond acceptors (Lipinski definition) is 6. The molecule has 5 heterocycles. The fraction of sp³-hybridized carbons (Fsp3) is 0.357. The van der Waals surface area contributed by atoms with E-state index >= 15 is 0 Å². The molecular formula is C28H34N6O4. The first-order valence-electron chi connectivity index (χ1n) is 12.5. The summed E-state index contributed by atoms with van der Waals surface area (Å²) in [6, 6.07) is 5.87. The van der Waals surface area contributed by atoms with E-state index in [1.807, 2.05) is 54.7 Å². The number of likely N-dealkylation sites (N-methyl/N-ethyl adjacent to an activating group) is 2. The van der Waals surface area contributed by atoms with Crippen LogP contribution in [0.15, 0.2) is 43.0 Å². The molecule has 4 aromatic heterocycles. The molecule has 10 nitrogen and oxygen atoms in total. The van der Waals surface area contributed by atoms with Gasteiger partial charge in [0.2, 0.25) is 5.91 Å². The molecule has 2 amide bonds. The Kier molecular flexibility index (Phi) is 7.82. The van der Waals surface area contributed by atoms with E-state index in [0.29, 0.717) is 28.7 Å². The zero-order chi connectivity index (χ0) is 27.6. The summed E-state index contributed by atoms with van der Waals surface area (Å²) in [6.45, 7) is 7.52. The van der Waals surface area contributed by atoms with Gasteiger partial charge in [-0.05, 0) is 57.1 Å². The number of pyridine rings is 1. The van der Waals surface area contributed by atoms with E-state index in [4.69, 9.17) is 4.74 Å². The lowest BCUT2D eigenvalue weighted by Gasteiger charge is -2.22. The average molecular weight is 519 g/mol. The van der Waals surface area contributed by atoms with Gasteiger partial charge in [-0.25, -0.2) is 4.52 Å². The highest BCUT2D eigenvalue weighted by Crippen LogP contribution is 2.30. The van der Waals surface area contributed by atoms with Crippen molar-refractivity contribution in [1.29, 1.82) is 0 Å². The van der Waals surface area contributed by atoms with Crippen molar-refractivity contribution in [3.63, 3.8) is 0 Å². The molecule has 1 N–H and O–H groups in total. The van der Waals surface area contributed by atoms with Gasteiger partial charge in [0.05, 0.1) is 23.5 Å². The van der Waals surface area contributed by atoms with Crippen LogP contribution in [-0.2, 0) is 4.79 Å². The number of fused-ring (bicyclic) bond motifs is 2. The maximum absolute atomic E-state index is 12.1. The van der Waals surface area contributed by atoms with Crippen LogP contribution in [0.3, 0.4) is 0 Å². The summed E-state index contributed by atoms with van der Waals surface area (Å²) in [5.74, 6) is 1.27. The van der Waals surface area contributed by atoms with Gasteiger partial charge in [-0.1, -0.05) is 0 Å². The maximum Gasteiger partial charge on any atom is 0.253 e. The Morgan fingerprint density at radius 2 is 1.95 bits per heavy atom. The molecule has 0 radical (unpaired) electrons. The summed E-state index contributed by atoms with van der Waals surface area (Å²) >= 11 is 0. The molecule has 1 unspecified atom stereocenters. The van der Waals surface area contributed by atoms with Crippen LogP contribution in [0.1, 0.15) is 45.2 Å². The molecule has 200 valence electrons. The Morgan fingerprint density at radius 1 is 1.18 bits per heavy atom. The lowest BCUT2D eigenvalue weighted by molar-refractivity contribution is -0.129. The van der Waals surface area contributed by atoms with E-state index in [-0.39, 0.29) is 11.8 Å². The monoisotopic (exact) mass is 518 g/mol. The predicted octanol–water partition coefficient (Wildman–Crippen LogP) is 3.34. The minimum Gasteiger partial charge on any atom is -0.453 e. The van der Waals surface area contributed by atoms with E-state index in [1.54, 1.807) is 36.9 Å². The summed E-state index contributed by atoms with van der Waals surface area (Å²) in [5, 5.41) is 6.90. The molecule has 1 aliphatic rings. The second kappa shape index (κ2) is 11.1. The van der Waals surface area contributed by atoms with Gasteiger partial charge in [0.25, 0.3) is 5.91 Å². The summed E-state index contributed by atoms with van der Waals surface area (Å²) in [5.41, 5.74) is 4.47. The largest absolute Gasteiger partial charge is 0.453 e. The third-order valence-electron chi connectivity index (χ3n) is 7.08. The Morgan fingerprint density at radius 3 is 2.58 bits per heavy atom. The number of aryl methyl sites for hydroxylation is 2. The van der Waals surface area contributed by atoms with Crippen molar-refractivity contribution in [2.24, 2.45) is 0 Å². The van der Waals surface area contributed by atoms with Crippen LogP contribution in [0, 0.1) is 13.8 Å². The average Bonchev–Trinajstić information content (AvgIpc) is 3.57. The molecule has 38 heavy (non-hydrogen) atoms. The topological polar surface area (TPSA) is 101 Å². The van der Waals surface area contributed by atoms with Crippen LogP contribution in [0.25, 0.3) is 11.0 Å². The Balaban J connectivity index is 0.000000257. The molecule has 0 aromatic carbocycles. The zero-order valence-corrected chi connectivity index (χ0v) is 22.7. The number of nitrogens with one attached hydrogen (secondary N) is 1. The number of ether oxygens (including phenoxy) is 1. The molecular weight excluding hydrogens is 484 g/mol. The second-order valence-electron chi connectivity index (χ2n) is 9.68. The highest BCUT2D eigenvalue weighted by atomic mass is 16.5. The van der Waals surface area contributed by atoms with E-state index in [0.717, 1.165) is 48.0 Å². The van der Waals surface area contributed by atoms with Crippen molar-refractivity contribution in [3.05, 3.63) is 65.2 Å². The molecule has 0 saturated carbocycles. The van der Waals surface area contributed by atoms with Gasteiger partial charge < -0.3 is 24.3 Å². The van der Waals surface area contributed by atoms with Gasteiger partial charge in [-0.15, -0.1) is 0 Å². The molecule has 0 bridgehead atoms. The molecule has 4 aromatic rings. The van der Waals surface area contributed by atoms with Crippen LogP contribution in [0.5, 0.6) is 11.5 Å². The fourth-order valence-electron chi connectivity index (χ4n) is 4.83. The molecule has 1 saturated heterocycles. The van der Waals surface area contributed by atoms with Crippen LogP contribution in [0.4, 0.5) is 0 Å². The number of carbonyl (C=O) groups excluding carboxylic acids is 3. The number of rotatable bonds is 5. The number of carbonyl (C=O) groups is 3. The first kappa shape index (κ1) is 26.9. The molecule has 5 rings (SSSR count). The summed E-state index contributed by atoms with van der Waals surface area (Å²) in [4.78, 5) is 38.4. The molecule has 1 atom stereocenters. The molecule has 1 aliphatic heterocycles. The van der Waals surface area contributed by atoms with Crippen LogP contribution < -0.4 is 10.1 Å². The van der Waals surface area contributed by atoms with Gasteiger partial charge >= 0.3 is 0 Å². The highest BCUT2D eigenvalue weighted by Gasteiger charge is 2.24. The van der Waals surface area contributed by atoms with Crippen molar-refractivity contribution in [2.75, 3.05) is 34.2 Å². The van der Waals surface area contributed by atoms with E-state index in [1.165, 1.54) is 0 Å². The fourth-order valence-corrected chi connectivity index (χ4v) is 4.83. The number of aldehydes is 1. The third-order valence-corrected chi connectivity index (χ3v) is 7.08. The van der Waals surface area contributed by atoms with Crippen molar-refractivity contribution < 1.29 is 19.1 Å². The number of likely N-dealkylation sites (tertiary alicyclic amines) is 1. The number of hydrogen-bond donors (Lipinski definition) is 1. The van der Waals surface area contributed by atoms with Crippen LogP contribution in [0.2, 0.25) is 0 Å². The first-order valence-corrected chi connectivity index (χ1v) is 12.5. The lowest BCUT2D eigenvalue weighted by atomic mass is 10.1. The number of nitrogens with zero attached hydrogens (tertiary/aromatic N) is 5. The van der Waals surface area contributed by atoms with Gasteiger partial charge in [0, 0.05) is 57.6 Å². The standard InChI is InChI=1S/C20H18N4O3.C8H16N2O/c1-12-8-23-10-15(4-5-16(23)18(12)20(26)21-3)27-17-6-7-22-24-9-14(11-25)13(2)19(17)24;1-7(11)10(3)8-4-5-9(2)6-8/h4-11H,1-3H3,(H,21,26);8H,4-6H2,1-3H3. The minimum absolute atomic E-state index is 0.121. The van der Waals surface area contributed by atoms with E-state index in [9.17, 15) is 14.4 Å². The summed E-state index contributed by atoms with van der Waals surface area (Å²) in [6.07, 6.45) is 8.94. The van der Waals surface area contributed by atoms with Crippen molar-refractivity contribution in [2.45, 2.75) is 33.2 Å². The highest BCUT2D eigenvalue weighted by molar-refractivity contribution is 6.02. The first-order chi connectivity index (χ1) is 18.1. The van der Waals surface area contributed by atoms with Gasteiger partial charge in [-0.3, -0.25) is 14.4 Å². The zero-order valence-electron chi connectivity index (χ0n) is 22.7. The Hall–Kier alpha value is -4.18. The summed E-state index contributed by atoms with van der Waals surface area (Å²) < 4.78 is 9.58. The van der Waals surface area contributed by atoms with Crippen molar-refractivity contribution >= 4 is 29.1 Å². The Bertz CT molecular complexity index is 1500. The predicted molar refractivity (Wildman–Crippen MR) is 145 cm³/mol. The van der Waals surface area contributed by atoms with Gasteiger partial charge in [-0.2, -0.15) is 5.10 Å². The second-order valence-corrected chi connectivity index (χ2v) is 9.68.